The first-order valence-corrected chi connectivity index (χ1v) is 8.05. The Balaban J connectivity index is 2.14. The highest BCUT2D eigenvalue weighted by atomic mass is 32.2. The van der Waals surface area contributed by atoms with Gasteiger partial charge in [0.1, 0.15) is 0 Å². The van der Waals surface area contributed by atoms with E-state index in [1.54, 1.807) is 36.4 Å². The lowest BCUT2D eigenvalue weighted by atomic mass is 9.97. The summed E-state index contributed by atoms with van der Waals surface area (Å²) < 4.78 is 63.9. The van der Waals surface area contributed by atoms with Crippen molar-refractivity contribution in [3.63, 3.8) is 0 Å². The first-order valence-electron chi connectivity index (χ1n) is 6.65. The average molecular weight is 340 g/mol. The Morgan fingerprint density at radius 2 is 1.35 bits per heavy atom. The summed E-state index contributed by atoms with van der Waals surface area (Å²) in [7, 11) is -5.63. The molecule has 0 unspecified atom stereocenters. The molecule has 0 saturated carbocycles. The second-order valence-corrected chi connectivity index (χ2v) is 6.57. The number of rotatable bonds is 3. The van der Waals surface area contributed by atoms with Gasteiger partial charge in [-0.05, 0) is 33.2 Å². The molecule has 3 nitrogen and oxygen atoms in total. The van der Waals surface area contributed by atoms with Crippen molar-refractivity contribution in [1.82, 2.24) is 0 Å². The normalized spacial score (nSPS) is 12.8. The maximum absolute atomic E-state index is 12.5. The minimum atomic E-state index is -5.63. The number of halogens is 3. The molecule has 0 bridgehead atoms. The molecule has 0 aliphatic carbocycles. The van der Waals surface area contributed by atoms with Crippen molar-refractivity contribution in [2.75, 3.05) is 0 Å². The lowest BCUT2D eigenvalue weighted by Gasteiger charge is -2.13. The maximum atomic E-state index is 12.5. The van der Waals surface area contributed by atoms with Crippen molar-refractivity contribution >= 4 is 31.7 Å². The van der Waals surface area contributed by atoms with Crippen LogP contribution in [0.4, 0.5) is 13.2 Å². The highest BCUT2D eigenvalue weighted by Crippen LogP contribution is 2.31. The average Bonchev–Trinajstić information content (AvgIpc) is 2.50. The molecule has 3 aromatic rings. The molecule has 0 radical (unpaired) electrons. The minimum absolute atomic E-state index is 0.409. The van der Waals surface area contributed by atoms with Crippen molar-refractivity contribution in [3.8, 4) is 0 Å². The number of hydrogen-bond donors (Lipinski definition) is 0. The van der Waals surface area contributed by atoms with Crippen LogP contribution in [0.5, 0.6) is 0 Å². The van der Waals surface area contributed by atoms with Crippen LogP contribution in [-0.4, -0.2) is 13.9 Å². The Kier molecular flexibility index (Phi) is 3.77. The molecule has 7 heteroatoms. The molecule has 0 fully saturated rings. The number of alkyl halides is 3. The fourth-order valence-electron chi connectivity index (χ4n) is 2.47. The molecule has 23 heavy (non-hydrogen) atoms. The van der Waals surface area contributed by atoms with E-state index >= 15 is 0 Å². The summed E-state index contributed by atoms with van der Waals surface area (Å²) in [4.78, 5) is 0. The summed E-state index contributed by atoms with van der Waals surface area (Å²) in [5, 5.41) is 2.91. The molecular weight excluding hydrogens is 329 g/mol. The quantitative estimate of drug-likeness (QED) is 0.404. The smallest absolute Gasteiger partial charge is 0.258 e. The van der Waals surface area contributed by atoms with Gasteiger partial charge in [0, 0.05) is 0 Å². The predicted octanol–water partition coefficient (Wildman–Crippen LogP) is 4.36. The second-order valence-electron chi connectivity index (χ2n) is 4.96. The second kappa shape index (κ2) is 5.50. The summed E-state index contributed by atoms with van der Waals surface area (Å²) in [6, 6.07) is 16.0. The Labute approximate surface area is 130 Å². The summed E-state index contributed by atoms with van der Waals surface area (Å²) in [5.41, 5.74) is -5.03. The Morgan fingerprint density at radius 3 is 1.83 bits per heavy atom. The standard InChI is InChI=1S/C16H11F3O3S/c17-16(18,19)23(20,21)22-10-15-13-7-3-1-5-11(13)9-12-6-2-4-8-14(12)15/h1-9H,10H2. The Hall–Kier alpha value is -2.12. The van der Waals surface area contributed by atoms with Crippen LogP contribution < -0.4 is 0 Å². The SMILES string of the molecule is O=S(=O)(OCc1c2ccccc2cc2ccccc12)C(F)(F)F. The van der Waals surface area contributed by atoms with Crippen LogP contribution in [0, 0.1) is 0 Å². The molecular formula is C16H11F3O3S. The zero-order chi connectivity index (χ0) is 16.7. The van der Waals surface area contributed by atoms with Gasteiger partial charge in [-0.25, -0.2) is 0 Å². The highest BCUT2D eigenvalue weighted by molar-refractivity contribution is 7.87. The third-order valence-electron chi connectivity index (χ3n) is 3.52. The van der Waals surface area contributed by atoms with Gasteiger partial charge in [-0.3, -0.25) is 4.18 Å². The topological polar surface area (TPSA) is 43.4 Å². The zero-order valence-electron chi connectivity index (χ0n) is 11.7. The molecule has 0 spiro atoms. The fourth-order valence-corrected chi connectivity index (χ4v) is 2.87. The molecule has 3 rings (SSSR count). The van der Waals surface area contributed by atoms with Gasteiger partial charge in [0.25, 0.3) is 0 Å². The molecule has 0 aliphatic rings. The monoisotopic (exact) mass is 340 g/mol. The Bertz CT molecular complexity index is 925. The van der Waals surface area contributed by atoms with Gasteiger partial charge in [-0.2, -0.15) is 21.6 Å². The van der Waals surface area contributed by atoms with Crippen molar-refractivity contribution in [2.24, 2.45) is 0 Å². The number of fused-ring (bicyclic) bond motifs is 2. The summed E-state index contributed by atoms with van der Waals surface area (Å²) >= 11 is 0. The minimum Gasteiger partial charge on any atom is -0.258 e. The van der Waals surface area contributed by atoms with Gasteiger partial charge in [0.15, 0.2) is 0 Å². The van der Waals surface area contributed by atoms with E-state index < -0.39 is 22.2 Å². The van der Waals surface area contributed by atoms with E-state index in [4.69, 9.17) is 0 Å². The van der Waals surface area contributed by atoms with Crippen LogP contribution in [-0.2, 0) is 20.9 Å². The van der Waals surface area contributed by atoms with Crippen LogP contribution in [0.15, 0.2) is 54.6 Å². The summed E-state index contributed by atoms with van der Waals surface area (Å²) in [6.07, 6.45) is 0. The maximum Gasteiger partial charge on any atom is 0.523 e. The van der Waals surface area contributed by atoms with Crippen LogP contribution >= 0.6 is 0 Å². The predicted molar refractivity (Wildman–Crippen MR) is 81.2 cm³/mol. The van der Waals surface area contributed by atoms with Crippen molar-refractivity contribution < 1.29 is 25.8 Å². The largest absolute Gasteiger partial charge is 0.523 e. The van der Waals surface area contributed by atoms with Gasteiger partial charge in [0.2, 0.25) is 0 Å². The van der Waals surface area contributed by atoms with Crippen molar-refractivity contribution in [1.29, 1.82) is 0 Å². The molecule has 0 heterocycles. The van der Waals surface area contributed by atoms with Gasteiger partial charge in [-0.15, -0.1) is 0 Å². The third-order valence-corrected chi connectivity index (χ3v) is 4.52. The molecule has 120 valence electrons. The van der Waals surface area contributed by atoms with E-state index in [0.29, 0.717) is 16.3 Å². The first kappa shape index (κ1) is 15.8. The Morgan fingerprint density at radius 1 is 0.870 bits per heavy atom. The summed E-state index contributed by atoms with van der Waals surface area (Å²) in [5.74, 6) is 0. The van der Waals surface area contributed by atoms with E-state index in [2.05, 4.69) is 4.18 Å². The first-order chi connectivity index (χ1) is 10.8. The van der Waals surface area contributed by atoms with Crippen LogP contribution in [0.1, 0.15) is 5.56 Å². The van der Waals surface area contributed by atoms with E-state index in [9.17, 15) is 21.6 Å². The number of benzene rings is 3. The lowest BCUT2D eigenvalue weighted by molar-refractivity contribution is -0.0547. The van der Waals surface area contributed by atoms with E-state index in [1.165, 1.54) is 0 Å². The lowest BCUT2D eigenvalue weighted by Crippen LogP contribution is -2.25. The van der Waals surface area contributed by atoms with E-state index in [1.807, 2.05) is 18.2 Å². The van der Waals surface area contributed by atoms with Crippen LogP contribution in [0.3, 0.4) is 0 Å². The highest BCUT2D eigenvalue weighted by Gasteiger charge is 2.47. The summed E-state index contributed by atoms with van der Waals surface area (Å²) in [6.45, 7) is -0.677. The molecule has 0 saturated heterocycles. The van der Waals surface area contributed by atoms with Crippen molar-refractivity contribution in [3.05, 3.63) is 60.2 Å². The molecule has 0 aromatic heterocycles. The fraction of sp³-hybridized carbons (Fsp3) is 0.125. The van der Waals surface area contributed by atoms with Gasteiger partial charge in [0.05, 0.1) is 6.61 Å². The number of hydrogen-bond acceptors (Lipinski definition) is 3. The van der Waals surface area contributed by atoms with E-state index in [0.717, 1.165) is 10.8 Å². The van der Waals surface area contributed by atoms with E-state index in [-0.39, 0.29) is 0 Å². The molecule has 3 aromatic carbocycles. The van der Waals surface area contributed by atoms with Gasteiger partial charge >= 0.3 is 15.6 Å². The zero-order valence-corrected chi connectivity index (χ0v) is 12.5. The molecule has 0 amide bonds. The molecule has 0 N–H and O–H groups in total. The molecule has 0 aliphatic heterocycles. The van der Waals surface area contributed by atoms with Gasteiger partial charge in [-0.1, -0.05) is 48.5 Å². The van der Waals surface area contributed by atoms with Gasteiger partial charge < -0.3 is 0 Å². The molecule has 0 atom stereocenters. The third kappa shape index (κ3) is 2.89. The van der Waals surface area contributed by atoms with Crippen LogP contribution in [0.2, 0.25) is 0 Å². The van der Waals surface area contributed by atoms with Crippen LogP contribution in [0.25, 0.3) is 21.5 Å². The van der Waals surface area contributed by atoms with Crippen molar-refractivity contribution in [2.45, 2.75) is 12.1 Å².